The fourth-order valence-corrected chi connectivity index (χ4v) is 6.24. The number of rotatable bonds is 16. The van der Waals surface area contributed by atoms with Crippen LogP contribution >= 0.6 is 10.9 Å². The zero-order valence-electron chi connectivity index (χ0n) is 17.7. The normalized spacial score (nSPS) is 13.1. The van der Waals surface area contributed by atoms with Crippen LogP contribution in [0.25, 0.3) is 0 Å². The van der Waals surface area contributed by atoms with Crippen LogP contribution in [0.1, 0.15) is 102 Å². The maximum absolute atomic E-state index is 9.73. The van der Waals surface area contributed by atoms with Crippen molar-refractivity contribution in [3.05, 3.63) is 29.3 Å². The smallest absolute Gasteiger partial charge is 0.118 e. The average molecular weight is 381 g/mol. The highest BCUT2D eigenvalue weighted by Gasteiger charge is 2.07. The molecule has 0 radical (unpaired) electrons. The minimum atomic E-state index is 0.119. The van der Waals surface area contributed by atoms with Gasteiger partial charge in [-0.25, -0.2) is 10.9 Å². The zero-order valence-corrected chi connectivity index (χ0v) is 18.6. The fourth-order valence-electron chi connectivity index (χ4n) is 3.55. The molecule has 2 heteroatoms. The molecular formula is C24H44OS. The van der Waals surface area contributed by atoms with Crippen LogP contribution < -0.4 is 0 Å². The first-order valence-corrected chi connectivity index (χ1v) is 13.1. The van der Waals surface area contributed by atoms with Crippen molar-refractivity contribution in [2.45, 2.75) is 104 Å². The van der Waals surface area contributed by atoms with Crippen LogP contribution in [-0.4, -0.2) is 16.6 Å². The van der Waals surface area contributed by atoms with Crippen molar-refractivity contribution in [3.63, 3.8) is 0 Å². The first-order valence-electron chi connectivity index (χ1n) is 11.2. The second kappa shape index (κ2) is 15.4. The summed E-state index contributed by atoms with van der Waals surface area (Å²) >= 11 is 0. The molecule has 1 aromatic rings. The molecular weight excluding hydrogens is 336 g/mol. The number of aromatic hydroxyl groups is 1. The third-order valence-corrected chi connectivity index (χ3v) is 8.03. The van der Waals surface area contributed by atoms with Gasteiger partial charge in [-0.05, 0) is 48.5 Å². The van der Waals surface area contributed by atoms with Crippen molar-refractivity contribution >= 4 is 10.9 Å². The summed E-state index contributed by atoms with van der Waals surface area (Å²) in [6.07, 6.45) is 17.0. The van der Waals surface area contributed by atoms with Crippen molar-refractivity contribution in [2.75, 3.05) is 11.5 Å². The molecule has 0 bridgehead atoms. The molecule has 152 valence electrons. The SMILES string of the molecule is CCCCCCCCCCCC[SH](CCCC)Cc1ccc(O)c(C)c1. The van der Waals surface area contributed by atoms with Crippen molar-refractivity contribution in [1.29, 1.82) is 0 Å². The summed E-state index contributed by atoms with van der Waals surface area (Å²) in [4.78, 5) is 0. The third-order valence-electron chi connectivity index (χ3n) is 5.32. The van der Waals surface area contributed by atoms with Crippen LogP contribution in [0.3, 0.4) is 0 Å². The summed E-state index contributed by atoms with van der Waals surface area (Å²) in [5.74, 6) is 4.53. The molecule has 1 atom stereocenters. The number of hydrogen-bond acceptors (Lipinski definition) is 1. The van der Waals surface area contributed by atoms with E-state index in [2.05, 4.69) is 26.0 Å². The van der Waals surface area contributed by atoms with Crippen LogP contribution in [0.4, 0.5) is 0 Å². The molecule has 1 aromatic carbocycles. The molecule has 0 saturated heterocycles. The van der Waals surface area contributed by atoms with Gasteiger partial charge in [0.1, 0.15) is 5.75 Å². The lowest BCUT2D eigenvalue weighted by molar-refractivity contribution is 0.471. The Morgan fingerprint density at radius 2 is 1.27 bits per heavy atom. The molecule has 0 aliphatic carbocycles. The first-order chi connectivity index (χ1) is 12.7. The lowest BCUT2D eigenvalue weighted by Crippen LogP contribution is -1.99. The van der Waals surface area contributed by atoms with Gasteiger partial charge >= 0.3 is 0 Å². The Bertz CT molecular complexity index is 458. The molecule has 1 unspecified atom stereocenters. The van der Waals surface area contributed by atoms with E-state index in [1.165, 1.54) is 99.9 Å². The molecule has 1 nitrogen and oxygen atoms in total. The van der Waals surface area contributed by atoms with Crippen LogP contribution in [-0.2, 0) is 5.75 Å². The Morgan fingerprint density at radius 3 is 1.85 bits per heavy atom. The van der Waals surface area contributed by atoms with E-state index in [9.17, 15) is 5.11 Å². The van der Waals surface area contributed by atoms with Crippen LogP contribution in [0.5, 0.6) is 5.75 Å². The minimum absolute atomic E-state index is 0.119. The zero-order chi connectivity index (χ0) is 19.0. The van der Waals surface area contributed by atoms with Gasteiger partial charge in [0.25, 0.3) is 0 Å². The fraction of sp³-hybridized carbons (Fsp3) is 0.750. The van der Waals surface area contributed by atoms with E-state index in [0.29, 0.717) is 5.75 Å². The molecule has 0 spiro atoms. The molecule has 0 aromatic heterocycles. The Balaban J connectivity index is 2.20. The Labute approximate surface area is 166 Å². The Hall–Kier alpha value is -0.630. The third kappa shape index (κ3) is 11.2. The molecule has 1 rings (SSSR count). The summed E-state index contributed by atoms with van der Waals surface area (Å²) < 4.78 is 0. The highest BCUT2D eigenvalue weighted by molar-refractivity contribution is 8.16. The maximum Gasteiger partial charge on any atom is 0.118 e. The molecule has 0 fully saturated rings. The number of unbranched alkanes of at least 4 members (excludes halogenated alkanes) is 10. The largest absolute Gasteiger partial charge is 0.508 e. The molecule has 26 heavy (non-hydrogen) atoms. The number of phenolic OH excluding ortho intramolecular Hbond substituents is 1. The van der Waals surface area contributed by atoms with Crippen molar-refractivity contribution in [1.82, 2.24) is 0 Å². The summed E-state index contributed by atoms with van der Waals surface area (Å²) in [5, 5.41) is 9.73. The van der Waals surface area contributed by atoms with Gasteiger partial charge in [-0.2, -0.15) is 0 Å². The lowest BCUT2D eigenvalue weighted by atomic mass is 10.1. The highest BCUT2D eigenvalue weighted by Crippen LogP contribution is 2.34. The van der Waals surface area contributed by atoms with Gasteiger partial charge < -0.3 is 5.11 Å². The Morgan fingerprint density at radius 1 is 0.731 bits per heavy atom. The van der Waals surface area contributed by atoms with E-state index >= 15 is 0 Å². The number of benzene rings is 1. The molecule has 0 amide bonds. The van der Waals surface area contributed by atoms with Crippen LogP contribution in [0.2, 0.25) is 0 Å². The molecule has 0 saturated carbocycles. The van der Waals surface area contributed by atoms with E-state index < -0.39 is 0 Å². The summed E-state index contributed by atoms with van der Waals surface area (Å²) in [5.41, 5.74) is 2.45. The highest BCUT2D eigenvalue weighted by atomic mass is 32.2. The van der Waals surface area contributed by atoms with E-state index in [1.54, 1.807) is 0 Å². The molecule has 1 N–H and O–H groups in total. The van der Waals surface area contributed by atoms with Gasteiger partial charge in [0, 0.05) is 5.75 Å². The first kappa shape index (κ1) is 23.4. The van der Waals surface area contributed by atoms with Crippen molar-refractivity contribution in [2.24, 2.45) is 0 Å². The summed E-state index contributed by atoms with van der Waals surface area (Å²) in [6, 6.07) is 6.19. The minimum Gasteiger partial charge on any atom is -0.508 e. The van der Waals surface area contributed by atoms with Gasteiger partial charge in [-0.15, -0.1) is 0 Å². The molecule has 0 heterocycles. The van der Waals surface area contributed by atoms with Crippen LogP contribution in [0, 0.1) is 6.92 Å². The van der Waals surface area contributed by atoms with Crippen LogP contribution in [0.15, 0.2) is 18.2 Å². The topological polar surface area (TPSA) is 20.2 Å². The van der Waals surface area contributed by atoms with Crippen molar-refractivity contribution in [3.8, 4) is 5.75 Å². The predicted octanol–water partition coefficient (Wildman–Crippen LogP) is 7.92. The van der Waals surface area contributed by atoms with Crippen molar-refractivity contribution < 1.29 is 5.11 Å². The number of hydrogen-bond donors (Lipinski definition) is 2. The second-order valence-corrected chi connectivity index (χ2v) is 10.5. The predicted molar refractivity (Wildman–Crippen MR) is 122 cm³/mol. The van der Waals surface area contributed by atoms with Gasteiger partial charge in [0.2, 0.25) is 0 Å². The van der Waals surface area contributed by atoms with E-state index in [4.69, 9.17) is 0 Å². The summed E-state index contributed by atoms with van der Waals surface area (Å²) in [6.45, 7) is 6.60. The van der Waals surface area contributed by atoms with Gasteiger partial charge in [-0.3, -0.25) is 0 Å². The Kier molecular flexibility index (Phi) is 13.9. The summed E-state index contributed by atoms with van der Waals surface area (Å²) in [7, 11) is 0.119. The number of aryl methyl sites for hydroxylation is 1. The second-order valence-electron chi connectivity index (χ2n) is 7.93. The lowest BCUT2D eigenvalue weighted by Gasteiger charge is -2.22. The average Bonchev–Trinajstić information content (AvgIpc) is 2.64. The van der Waals surface area contributed by atoms with E-state index in [1.807, 2.05) is 13.0 Å². The molecule has 0 aliphatic heterocycles. The van der Waals surface area contributed by atoms with Gasteiger partial charge in [0.15, 0.2) is 0 Å². The van der Waals surface area contributed by atoms with Gasteiger partial charge in [0.05, 0.1) is 0 Å². The maximum atomic E-state index is 9.73. The number of phenols is 1. The molecule has 0 aliphatic rings. The standard InChI is InChI=1S/C24H44OS/c1-4-6-8-9-10-11-12-13-14-15-19-26(18-7-5-2)21-23-16-17-24(25)22(3)20-23/h16-17,20,25-26H,4-15,18-19,21H2,1-3H3. The van der Waals surface area contributed by atoms with Gasteiger partial charge in [-0.1, -0.05) is 90.2 Å². The van der Waals surface area contributed by atoms with E-state index in [-0.39, 0.29) is 10.9 Å². The number of thiol groups is 1. The van der Waals surface area contributed by atoms with E-state index in [0.717, 1.165) is 5.56 Å². The quantitative estimate of drug-likeness (QED) is 0.220. The monoisotopic (exact) mass is 380 g/mol.